The topological polar surface area (TPSA) is 132 Å². The third kappa shape index (κ3) is 4.02. The summed E-state index contributed by atoms with van der Waals surface area (Å²) < 4.78 is 5.24. The number of ketones is 1. The third-order valence-corrected chi connectivity index (χ3v) is 4.67. The Morgan fingerprint density at radius 2 is 2.08 bits per heavy atom. The average molecular weight is 368 g/mol. The van der Waals surface area contributed by atoms with E-state index >= 15 is 0 Å². The molecule has 3 amide bonds. The van der Waals surface area contributed by atoms with E-state index in [0.29, 0.717) is 0 Å². The molecule has 2 atom stereocenters. The number of Topliss-reactive ketones (excluding diaryl/α,β-unsaturated/α-hetero) is 1. The number of nitrogens with two attached hydrogens (primary N) is 1. The van der Waals surface area contributed by atoms with Crippen LogP contribution >= 0.6 is 11.3 Å². The highest BCUT2D eigenvalue weighted by Gasteiger charge is 2.42. The molecule has 10 heteroatoms. The number of methoxy groups -OCH3 is 1. The lowest BCUT2D eigenvalue weighted by Gasteiger charge is -2.23. The number of anilines is 1. The number of aromatic nitrogens is 1. The van der Waals surface area contributed by atoms with Gasteiger partial charge in [-0.2, -0.15) is 0 Å². The number of primary amides is 1. The summed E-state index contributed by atoms with van der Waals surface area (Å²) in [7, 11) is 1.48. The summed E-state index contributed by atoms with van der Waals surface area (Å²) in [4.78, 5) is 53.4. The fourth-order valence-corrected chi connectivity index (χ4v) is 3.22. The largest absolute Gasteiger partial charge is 0.380 e. The lowest BCUT2D eigenvalue weighted by Crippen LogP contribution is -2.47. The monoisotopic (exact) mass is 368 g/mol. The van der Waals surface area contributed by atoms with Crippen LogP contribution in [0.1, 0.15) is 30.8 Å². The molecule has 0 aliphatic carbocycles. The van der Waals surface area contributed by atoms with Gasteiger partial charge in [-0.15, -0.1) is 11.3 Å². The number of nitrogens with zero attached hydrogens (tertiary/aromatic N) is 2. The molecule has 0 bridgehead atoms. The van der Waals surface area contributed by atoms with Crippen molar-refractivity contribution >= 4 is 39.8 Å². The van der Waals surface area contributed by atoms with Gasteiger partial charge in [-0.3, -0.25) is 19.2 Å². The van der Waals surface area contributed by atoms with Crippen molar-refractivity contribution in [1.29, 1.82) is 0 Å². The predicted octanol–water partition coefficient (Wildman–Crippen LogP) is 0.0215. The van der Waals surface area contributed by atoms with Crippen molar-refractivity contribution in [2.75, 3.05) is 19.0 Å². The average Bonchev–Trinajstić information content (AvgIpc) is 3.19. The fraction of sp³-hybridized carbons (Fsp3) is 0.533. The molecule has 9 nitrogen and oxygen atoms in total. The Bertz CT molecular complexity index is 702. The Balaban J connectivity index is 2.20. The molecule has 2 heterocycles. The van der Waals surface area contributed by atoms with Gasteiger partial charge in [0.1, 0.15) is 11.0 Å². The van der Waals surface area contributed by atoms with Crippen LogP contribution in [-0.2, 0) is 19.1 Å². The number of hydrogen-bond acceptors (Lipinski definition) is 7. The molecule has 136 valence electrons. The van der Waals surface area contributed by atoms with E-state index in [4.69, 9.17) is 10.5 Å². The van der Waals surface area contributed by atoms with Gasteiger partial charge in [0.2, 0.25) is 11.7 Å². The second kappa shape index (κ2) is 7.70. The first kappa shape index (κ1) is 19.0. The van der Waals surface area contributed by atoms with Crippen LogP contribution in [-0.4, -0.2) is 59.2 Å². The van der Waals surface area contributed by atoms with E-state index in [-0.39, 0.29) is 29.8 Å². The highest BCUT2D eigenvalue weighted by atomic mass is 32.1. The fourth-order valence-electron chi connectivity index (χ4n) is 2.54. The van der Waals surface area contributed by atoms with E-state index < -0.39 is 35.5 Å². The zero-order chi connectivity index (χ0) is 18.7. The lowest BCUT2D eigenvalue weighted by atomic mass is 10.1. The van der Waals surface area contributed by atoms with Crippen LogP contribution in [0.2, 0.25) is 0 Å². The van der Waals surface area contributed by atoms with Crippen molar-refractivity contribution in [2.24, 2.45) is 11.7 Å². The molecule has 0 saturated carbocycles. The number of nitrogens with one attached hydrogen (secondary N) is 1. The van der Waals surface area contributed by atoms with E-state index in [9.17, 15) is 19.2 Å². The van der Waals surface area contributed by atoms with Gasteiger partial charge >= 0.3 is 0 Å². The van der Waals surface area contributed by atoms with Gasteiger partial charge in [0.15, 0.2) is 5.69 Å². The minimum Gasteiger partial charge on any atom is -0.380 e. The zero-order valence-corrected chi connectivity index (χ0v) is 15.0. The number of thiazole rings is 1. The summed E-state index contributed by atoms with van der Waals surface area (Å²) in [5.74, 6) is -3.03. The maximum absolute atomic E-state index is 12.6. The van der Waals surface area contributed by atoms with Gasteiger partial charge in [0.25, 0.3) is 11.8 Å². The molecule has 0 unspecified atom stereocenters. The molecule has 3 N–H and O–H groups in total. The first-order valence-electron chi connectivity index (χ1n) is 7.68. The molecule has 0 radical (unpaired) electrons. The van der Waals surface area contributed by atoms with Gasteiger partial charge in [0, 0.05) is 26.0 Å². The quantitative estimate of drug-likeness (QED) is 0.681. The van der Waals surface area contributed by atoms with E-state index in [0.717, 1.165) is 11.3 Å². The van der Waals surface area contributed by atoms with Crippen LogP contribution in [0.25, 0.3) is 0 Å². The van der Waals surface area contributed by atoms with Gasteiger partial charge in [-0.25, -0.2) is 4.98 Å². The number of likely N-dealkylation sites (tertiary alicyclic amines) is 1. The smallest absolute Gasteiger partial charge is 0.290 e. The Labute approximate surface area is 148 Å². The van der Waals surface area contributed by atoms with Gasteiger partial charge in [-0.1, -0.05) is 13.8 Å². The minimum atomic E-state index is -0.872. The first-order valence-corrected chi connectivity index (χ1v) is 8.56. The zero-order valence-electron chi connectivity index (χ0n) is 14.1. The highest BCUT2D eigenvalue weighted by molar-refractivity contribution is 7.14. The Kier molecular flexibility index (Phi) is 5.85. The third-order valence-electron chi connectivity index (χ3n) is 3.93. The number of hydrogen-bond donors (Lipinski definition) is 2. The van der Waals surface area contributed by atoms with Crippen molar-refractivity contribution in [3.8, 4) is 0 Å². The molecule has 1 aromatic heterocycles. The molecule has 1 aliphatic rings. The summed E-state index contributed by atoms with van der Waals surface area (Å²) in [5.41, 5.74) is 6.54. The second-order valence-electron chi connectivity index (χ2n) is 5.97. The SMILES string of the molecule is CO[C@H]1C[C@@H](C(=O)Nc2scnc2C(N)=O)N(C(=O)C(=O)C(C)C)C1. The second-order valence-corrected chi connectivity index (χ2v) is 6.82. The van der Waals surface area contributed by atoms with Crippen LogP contribution in [0.3, 0.4) is 0 Å². The summed E-state index contributed by atoms with van der Waals surface area (Å²) in [6, 6.07) is -0.872. The van der Waals surface area contributed by atoms with Crippen LogP contribution in [0.5, 0.6) is 0 Å². The van der Waals surface area contributed by atoms with Crippen molar-refractivity contribution in [3.63, 3.8) is 0 Å². The number of carbonyl (C=O) groups is 4. The summed E-state index contributed by atoms with van der Waals surface area (Å²) >= 11 is 1.05. The van der Waals surface area contributed by atoms with Crippen LogP contribution in [0, 0.1) is 5.92 Å². The maximum Gasteiger partial charge on any atom is 0.290 e. The summed E-state index contributed by atoms with van der Waals surface area (Å²) in [5, 5.41) is 2.78. The van der Waals surface area contributed by atoms with E-state index in [1.54, 1.807) is 13.8 Å². The van der Waals surface area contributed by atoms with Gasteiger partial charge in [-0.05, 0) is 0 Å². The van der Waals surface area contributed by atoms with Gasteiger partial charge in [0.05, 0.1) is 11.6 Å². The van der Waals surface area contributed by atoms with E-state index in [1.807, 2.05) is 0 Å². The lowest BCUT2D eigenvalue weighted by molar-refractivity contribution is -0.148. The molecule has 25 heavy (non-hydrogen) atoms. The maximum atomic E-state index is 12.6. The van der Waals surface area contributed by atoms with Crippen LogP contribution in [0.15, 0.2) is 5.51 Å². The normalized spacial score (nSPS) is 19.9. The van der Waals surface area contributed by atoms with Gasteiger partial charge < -0.3 is 20.7 Å². The van der Waals surface area contributed by atoms with Crippen molar-refractivity contribution in [1.82, 2.24) is 9.88 Å². The Morgan fingerprint density at radius 3 is 2.64 bits per heavy atom. The minimum absolute atomic E-state index is 0.0456. The Morgan fingerprint density at radius 1 is 1.40 bits per heavy atom. The summed E-state index contributed by atoms with van der Waals surface area (Å²) in [6.07, 6.45) is -0.0961. The highest BCUT2D eigenvalue weighted by Crippen LogP contribution is 2.25. The molecule has 1 aromatic rings. The molecule has 2 rings (SSSR count). The Hall–Kier alpha value is -2.33. The first-order chi connectivity index (χ1) is 11.8. The summed E-state index contributed by atoms with van der Waals surface area (Å²) in [6.45, 7) is 3.39. The molecular formula is C15H20N4O5S. The molecule has 1 aliphatic heterocycles. The molecule has 1 saturated heterocycles. The number of amides is 3. The molecule has 0 spiro atoms. The van der Waals surface area contributed by atoms with Crippen LogP contribution in [0.4, 0.5) is 5.00 Å². The number of rotatable bonds is 6. The molecule has 1 fully saturated rings. The predicted molar refractivity (Wildman–Crippen MR) is 90.0 cm³/mol. The molecule has 0 aromatic carbocycles. The number of ether oxygens (including phenoxy) is 1. The molecular weight excluding hydrogens is 348 g/mol. The van der Waals surface area contributed by atoms with Crippen molar-refractivity contribution < 1.29 is 23.9 Å². The van der Waals surface area contributed by atoms with Crippen molar-refractivity contribution in [2.45, 2.75) is 32.4 Å². The van der Waals surface area contributed by atoms with E-state index in [1.165, 1.54) is 17.5 Å². The van der Waals surface area contributed by atoms with E-state index in [2.05, 4.69) is 10.3 Å². The number of carbonyl (C=O) groups excluding carboxylic acids is 4. The standard InChI is InChI=1S/C15H20N4O5S/c1-7(2)11(20)15(23)19-5-8(24-3)4-9(19)13(22)18-14-10(12(16)21)17-6-25-14/h6-9H,4-5H2,1-3H3,(H2,16,21)(H,18,22)/t8-,9-/m0/s1. The van der Waals surface area contributed by atoms with Crippen molar-refractivity contribution in [3.05, 3.63) is 11.2 Å². The van der Waals surface area contributed by atoms with Crippen LogP contribution < -0.4 is 11.1 Å².